The predicted octanol–water partition coefficient (Wildman–Crippen LogP) is 1.83. The fraction of sp³-hybridized carbons (Fsp3) is 0.462. The second-order valence-corrected chi connectivity index (χ2v) is 5.22. The lowest BCUT2D eigenvalue weighted by atomic mass is 10.0. The molecule has 1 aliphatic rings. The quantitative estimate of drug-likeness (QED) is 0.578. The van der Waals surface area contributed by atoms with E-state index in [1.54, 1.807) is 12.1 Å². The van der Waals surface area contributed by atoms with Crippen molar-refractivity contribution in [2.45, 2.75) is 19.4 Å². The Balaban J connectivity index is 2.43. The Bertz CT molecular complexity index is 464. The van der Waals surface area contributed by atoms with Gasteiger partial charge in [0.25, 0.3) is 0 Å². The van der Waals surface area contributed by atoms with Crippen molar-refractivity contribution in [1.82, 2.24) is 0 Å². The fourth-order valence-corrected chi connectivity index (χ4v) is 2.72. The van der Waals surface area contributed by atoms with E-state index in [4.69, 9.17) is 22.7 Å². The largest absolute Gasteiger partial charge is 0.394 e. The number of amidine groups is 1. The van der Waals surface area contributed by atoms with Gasteiger partial charge in [0.05, 0.1) is 12.6 Å². The molecule has 18 heavy (non-hydrogen) atoms. The standard InChI is InChI=1S/C13H18ClN3O/c1-8-4-5-17(12(8)7-18)11-6-9(14)2-3-10(11)13(15)16/h2-3,6,8,12,18H,4-5,7H2,1H3,(H3,15,16). The molecule has 1 heterocycles. The topological polar surface area (TPSA) is 73.3 Å². The third-order valence-electron chi connectivity index (χ3n) is 3.63. The SMILES string of the molecule is CC1CCN(c2cc(Cl)ccc2C(=N)N)C1CO. The van der Waals surface area contributed by atoms with Gasteiger partial charge in [-0.2, -0.15) is 0 Å². The van der Waals surface area contributed by atoms with Crippen LogP contribution in [0.5, 0.6) is 0 Å². The van der Waals surface area contributed by atoms with E-state index in [2.05, 4.69) is 11.8 Å². The molecule has 1 aromatic rings. The van der Waals surface area contributed by atoms with Crippen molar-refractivity contribution < 1.29 is 5.11 Å². The van der Waals surface area contributed by atoms with Gasteiger partial charge in [0.15, 0.2) is 0 Å². The highest BCUT2D eigenvalue weighted by molar-refractivity contribution is 6.31. The van der Waals surface area contributed by atoms with Gasteiger partial charge in [0.1, 0.15) is 5.84 Å². The zero-order valence-corrected chi connectivity index (χ0v) is 11.1. The summed E-state index contributed by atoms with van der Waals surface area (Å²) in [5, 5.41) is 17.8. The Morgan fingerprint density at radius 3 is 2.94 bits per heavy atom. The van der Waals surface area contributed by atoms with Gasteiger partial charge in [-0.3, -0.25) is 5.41 Å². The van der Waals surface area contributed by atoms with E-state index >= 15 is 0 Å². The molecule has 1 aliphatic heterocycles. The van der Waals surface area contributed by atoms with Crippen molar-refractivity contribution >= 4 is 23.1 Å². The highest BCUT2D eigenvalue weighted by Gasteiger charge is 2.32. The Hall–Kier alpha value is -1.26. The van der Waals surface area contributed by atoms with Crippen LogP contribution in [0.25, 0.3) is 0 Å². The van der Waals surface area contributed by atoms with Crippen molar-refractivity contribution in [2.75, 3.05) is 18.1 Å². The number of hydrogen-bond acceptors (Lipinski definition) is 3. The molecule has 98 valence electrons. The smallest absolute Gasteiger partial charge is 0.124 e. The molecular weight excluding hydrogens is 250 g/mol. The van der Waals surface area contributed by atoms with Crippen LogP contribution in [0.4, 0.5) is 5.69 Å². The molecule has 0 amide bonds. The summed E-state index contributed by atoms with van der Waals surface area (Å²) in [5.41, 5.74) is 7.12. The van der Waals surface area contributed by atoms with Crippen LogP contribution in [0.1, 0.15) is 18.9 Å². The summed E-state index contributed by atoms with van der Waals surface area (Å²) >= 11 is 6.03. The highest BCUT2D eigenvalue weighted by Crippen LogP contribution is 2.33. The van der Waals surface area contributed by atoms with Crippen molar-refractivity contribution in [3.8, 4) is 0 Å². The number of halogens is 1. The summed E-state index contributed by atoms with van der Waals surface area (Å²) in [6.07, 6.45) is 1.02. The first-order valence-corrected chi connectivity index (χ1v) is 6.44. The van der Waals surface area contributed by atoms with E-state index in [1.165, 1.54) is 0 Å². The summed E-state index contributed by atoms with van der Waals surface area (Å²) < 4.78 is 0. The molecule has 1 aromatic carbocycles. The average Bonchev–Trinajstić information content (AvgIpc) is 2.69. The zero-order chi connectivity index (χ0) is 13.3. The van der Waals surface area contributed by atoms with Crippen molar-refractivity contribution in [3.05, 3.63) is 28.8 Å². The molecule has 4 nitrogen and oxygen atoms in total. The number of hydrogen-bond donors (Lipinski definition) is 3. The molecule has 0 bridgehead atoms. The van der Waals surface area contributed by atoms with E-state index in [0.717, 1.165) is 18.7 Å². The molecule has 1 fully saturated rings. The number of nitrogens with two attached hydrogens (primary N) is 1. The van der Waals surface area contributed by atoms with Gasteiger partial charge in [0.2, 0.25) is 0 Å². The van der Waals surface area contributed by atoms with Crippen LogP contribution in [0.15, 0.2) is 18.2 Å². The molecule has 0 aliphatic carbocycles. The first-order valence-electron chi connectivity index (χ1n) is 6.06. The number of anilines is 1. The second kappa shape index (κ2) is 5.16. The second-order valence-electron chi connectivity index (χ2n) is 4.78. The molecule has 2 rings (SSSR count). The number of nitrogen functional groups attached to an aromatic ring is 1. The molecule has 1 saturated heterocycles. The van der Waals surface area contributed by atoms with Crippen molar-refractivity contribution in [2.24, 2.45) is 11.7 Å². The Morgan fingerprint density at radius 1 is 1.61 bits per heavy atom. The lowest BCUT2D eigenvalue weighted by molar-refractivity contribution is 0.245. The minimum absolute atomic E-state index is 0.0258. The molecule has 2 atom stereocenters. The summed E-state index contributed by atoms with van der Waals surface area (Å²) in [5.74, 6) is 0.451. The maximum atomic E-state index is 9.51. The molecule has 5 heteroatoms. The Labute approximate surface area is 112 Å². The predicted molar refractivity (Wildman–Crippen MR) is 74.5 cm³/mol. The van der Waals surface area contributed by atoms with Crippen molar-refractivity contribution in [1.29, 1.82) is 5.41 Å². The van der Waals surface area contributed by atoms with Crippen LogP contribution in [0, 0.1) is 11.3 Å². The van der Waals surface area contributed by atoms with Gasteiger partial charge in [-0.25, -0.2) is 0 Å². The summed E-state index contributed by atoms with van der Waals surface area (Å²) in [7, 11) is 0. The third-order valence-corrected chi connectivity index (χ3v) is 3.86. The van der Waals surface area contributed by atoms with Crippen LogP contribution < -0.4 is 10.6 Å². The zero-order valence-electron chi connectivity index (χ0n) is 10.4. The molecule has 2 unspecified atom stereocenters. The van der Waals surface area contributed by atoms with Gasteiger partial charge in [-0.05, 0) is 30.5 Å². The Kier molecular flexibility index (Phi) is 3.78. The monoisotopic (exact) mass is 267 g/mol. The molecule has 0 radical (unpaired) electrons. The average molecular weight is 268 g/mol. The molecule has 4 N–H and O–H groups in total. The van der Waals surface area contributed by atoms with E-state index in [9.17, 15) is 5.11 Å². The van der Waals surface area contributed by atoms with E-state index in [1.807, 2.05) is 6.07 Å². The molecular formula is C13H18ClN3O. The highest BCUT2D eigenvalue weighted by atomic mass is 35.5. The summed E-state index contributed by atoms with van der Waals surface area (Å²) in [6, 6.07) is 5.38. The maximum Gasteiger partial charge on any atom is 0.124 e. The molecule has 0 spiro atoms. The number of aliphatic hydroxyl groups is 1. The van der Waals surface area contributed by atoms with Crippen molar-refractivity contribution in [3.63, 3.8) is 0 Å². The van der Waals surface area contributed by atoms with Crippen LogP contribution in [0.2, 0.25) is 5.02 Å². The van der Waals surface area contributed by atoms with E-state index in [0.29, 0.717) is 16.5 Å². The van der Waals surface area contributed by atoms with Gasteiger partial charge >= 0.3 is 0 Å². The Morgan fingerprint density at radius 2 is 2.33 bits per heavy atom. The number of nitrogens with zero attached hydrogens (tertiary/aromatic N) is 1. The fourth-order valence-electron chi connectivity index (χ4n) is 2.56. The van der Waals surface area contributed by atoms with Gasteiger partial charge < -0.3 is 15.7 Å². The lowest BCUT2D eigenvalue weighted by Crippen LogP contribution is -2.36. The number of aliphatic hydroxyl groups excluding tert-OH is 1. The maximum absolute atomic E-state index is 9.51. The number of rotatable bonds is 3. The van der Waals surface area contributed by atoms with Crippen LogP contribution >= 0.6 is 11.6 Å². The summed E-state index contributed by atoms with van der Waals surface area (Å²) in [6.45, 7) is 3.08. The first-order chi connectivity index (χ1) is 8.54. The van der Waals surface area contributed by atoms with E-state index in [-0.39, 0.29) is 18.5 Å². The first kappa shape index (κ1) is 13.2. The van der Waals surface area contributed by atoms with Gasteiger partial charge in [-0.1, -0.05) is 18.5 Å². The minimum Gasteiger partial charge on any atom is -0.394 e. The molecule has 0 saturated carbocycles. The normalized spacial score (nSPS) is 23.4. The summed E-state index contributed by atoms with van der Waals surface area (Å²) in [4.78, 5) is 2.10. The lowest BCUT2D eigenvalue weighted by Gasteiger charge is -2.29. The van der Waals surface area contributed by atoms with Crippen LogP contribution in [-0.2, 0) is 0 Å². The van der Waals surface area contributed by atoms with Crippen LogP contribution in [0.3, 0.4) is 0 Å². The van der Waals surface area contributed by atoms with Gasteiger partial charge in [0, 0.05) is 22.8 Å². The number of nitrogens with one attached hydrogen (secondary N) is 1. The molecule has 0 aromatic heterocycles. The number of benzene rings is 1. The van der Waals surface area contributed by atoms with Crippen LogP contribution in [-0.4, -0.2) is 30.1 Å². The van der Waals surface area contributed by atoms with E-state index < -0.39 is 0 Å². The minimum atomic E-state index is 0.0258. The van der Waals surface area contributed by atoms with Gasteiger partial charge in [-0.15, -0.1) is 0 Å². The third kappa shape index (κ3) is 2.31.